The second kappa shape index (κ2) is 40.2. The van der Waals surface area contributed by atoms with Gasteiger partial charge in [-0.05, 0) is 61.4 Å². The third-order valence-electron chi connectivity index (χ3n) is 15.5. The van der Waals surface area contributed by atoms with Crippen molar-refractivity contribution in [2.45, 2.75) is 159 Å². The number of primary amides is 1. The van der Waals surface area contributed by atoms with E-state index in [4.69, 9.17) is 11.5 Å². The topological polar surface area (TPSA) is 639 Å². The number of phenolic OH excluding ortho intramolecular Hbond substituents is 1. The lowest BCUT2D eigenvalue weighted by Crippen LogP contribution is -2.63. The summed E-state index contributed by atoms with van der Waals surface area (Å²) in [6.45, 7) is 4.08. The van der Waals surface area contributed by atoms with Crippen molar-refractivity contribution in [3.05, 3.63) is 84.1 Å². The molecule has 558 valence electrons. The number of nitrogens with one attached hydrogen (secondary N) is 14. The van der Waals surface area contributed by atoms with Crippen molar-refractivity contribution in [3.63, 3.8) is 0 Å². The molecule has 0 aliphatic heterocycles. The molecule has 0 spiro atoms. The molecular weight excluding hydrogens is 1350 g/mol. The third kappa shape index (κ3) is 26.5. The minimum absolute atomic E-state index is 0.159. The van der Waals surface area contributed by atoms with Crippen LogP contribution in [0.3, 0.4) is 0 Å². The molecule has 0 saturated carbocycles. The van der Waals surface area contributed by atoms with Crippen molar-refractivity contribution in [2.24, 2.45) is 23.3 Å². The van der Waals surface area contributed by atoms with Crippen molar-refractivity contribution in [3.8, 4) is 5.75 Å². The summed E-state index contributed by atoms with van der Waals surface area (Å²) in [5, 5.41) is 97.5. The van der Waals surface area contributed by atoms with Gasteiger partial charge in [-0.2, -0.15) is 0 Å². The monoisotopic (exact) mass is 1440 g/mol. The predicted molar refractivity (Wildman–Crippen MR) is 355 cm³/mol. The molecule has 0 unspecified atom stereocenters. The highest BCUT2D eigenvalue weighted by atomic mass is 16.4. The minimum Gasteiger partial charge on any atom is -0.508 e. The maximum Gasteiger partial charge on any atom is 0.328 e. The zero-order chi connectivity index (χ0) is 76.2. The Bertz CT molecular complexity index is 3600. The van der Waals surface area contributed by atoms with Crippen LogP contribution in [0.5, 0.6) is 5.75 Å². The number of aliphatic carboxylic acids is 2. The van der Waals surface area contributed by atoms with Gasteiger partial charge in [0.1, 0.15) is 66.2 Å². The van der Waals surface area contributed by atoms with Crippen LogP contribution in [-0.2, 0) is 91.2 Å². The van der Waals surface area contributed by atoms with Crippen molar-refractivity contribution >= 4 is 99.6 Å². The number of imidazole rings is 1. The summed E-state index contributed by atoms with van der Waals surface area (Å²) >= 11 is 0. The van der Waals surface area contributed by atoms with Gasteiger partial charge in [0.05, 0.1) is 57.3 Å². The van der Waals surface area contributed by atoms with E-state index in [1.165, 1.54) is 64.5 Å². The number of carbonyl (C=O) groups is 15. The van der Waals surface area contributed by atoms with Crippen molar-refractivity contribution in [1.82, 2.24) is 78.8 Å². The molecule has 0 bridgehead atoms. The Balaban J connectivity index is 1.48. The number of benzene rings is 2. The molecule has 2 heterocycles. The summed E-state index contributed by atoms with van der Waals surface area (Å²) in [4.78, 5) is 209. The minimum atomic E-state index is -1.92. The van der Waals surface area contributed by atoms with Crippen LogP contribution in [0.1, 0.15) is 77.6 Å². The number of fused-ring (bicyclic) bond motifs is 1. The largest absolute Gasteiger partial charge is 0.508 e. The van der Waals surface area contributed by atoms with E-state index in [2.05, 4.69) is 73.4 Å². The predicted octanol–water partition coefficient (Wildman–Crippen LogP) is -8.08. The van der Waals surface area contributed by atoms with Gasteiger partial charge in [0.15, 0.2) is 0 Å². The number of aliphatic hydroxyl groups excluding tert-OH is 4. The van der Waals surface area contributed by atoms with Gasteiger partial charge in [-0.3, -0.25) is 67.1 Å². The van der Waals surface area contributed by atoms with Crippen LogP contribution in [0.2, 0.25) is 0 Å². The number of nitrogens with zero attached hydrogens (tertiary/aromatic N) is 1. The first-order chi connectivity index (χ1) is 48.0. The molecule has 13 atom stereocenters. The van der Waals surface area contributed by atoms with Crippen LogP contribution in [0.4, 0.5) is 0 Å². The molecule has 0 fully saturated rings. The number of hydrogen-bond acceptors (Lipinski definition) is 22. The molecule has 102 heavy (non-hydrogen) atoms. The zero-order valence-electron chi connectivity index (χ0n) is 56.4. The highest BCUT2D eigenvalue weighted by molar-refractivity contribution is 6.00. The lowest BCUT2D eigenvalue weighted by atomic mass is 9.99. The molecule has 2 aromatic heterocycles. The average Bonchev–Trinajstić information content (AvgIpc) is 1.63. The van der Waals surface area contributed by atoms with Crippen LogP contribution in [0, 0.1) is 11.8 Å². The number of aromatic nitrogens is 3. The van der Waals surface area contributed by atoms with E-state index in [0.29, 0.717) is 27.7 Å². The summed E-state index contributed by atoms with van der Waals surface area (Å²) < 4.78 is 0. The summed E-state index contributed by atoms with van der Waals surface area (Å²) in [7, 11) is 0. The Hall–Kier alpha value is -11.2. The first kappa shape index (κ1) is 83.3. The number of carboxylic acid groups (broad SMARTS) is 2. The fraction of sp³-hybridized carbons (Fsp3) is 0.492. The summed E-state index contributed by atoms with van der Waals surface area (Å²) in [6.07, 6.45) is -1.84. The lowest BCUT2D eigenvalue weighted by molar-refractivity contribution is -0.144. The smallest absolute Gasteiger partial charge is 0.328 e. The van der Waals surface area contributed by atoms with E-state index >= 15 is 0 Å². The fourth-order valence-electron chi connectivity index (χ4n) is 9.87. The van der Waals surface area contributed by atoms with Crippen molar-refractivity contribution in [2.75, 3.05) is 26.3 Å². The van der Waals surface area contributed by atoms with E-state index in [9.17, 15) is 108 Å². The maximum atomic E-state index is 14.2. The number of aromatic amines is 2. The van der Waals surface area contributed by atoms with Gasteiger partial charge >= 0.3 is 11.9 Å². The number of H-pyrrole nitrogens is 2. The zero-order valence-corrected chi connectivity index (χ0v) is 56.4. The average molecular weight is 1440 g/mol. The molecule has 0 radical (unpaired) electrons. The Labute approximate surface area is 582 Å². The quantitative estimate of drug-likeness (QED) is 0.0196. The number of carboxylic acids is 2. The molecule has 25 N–H and O–H groups in total. The second-order valence-electron chi connectivity index (χ2n) is 24.5. The normalized spacial score (nSPS) is 15.0. The van der Waals surface area contributed by atoms with E-state index < -0.39 is 225 Å². The standard InChI is InChI=1S/C63H89N17O22/c1-28(2)49(59(97)75-43(25-81)58(96)76-44(26-82)63(101)102)79-62(100)52(31(6)84)80-60(98)50(29(3)4)78-56(94)39(15-16-45(65)86)72-61(99)51(30(5)83)77-47(88)24-69-54(92)40(17-32-11-13-35(85)14-12-32)71-46(87)23-68-55(93)41(18-33-21-67-38-10-8-7-9-36(33)38)74-57(95)42(19-34-22-66-27-70-34)73-53(91)37(64)20-48(89)90/h7-14,21-22,27-31,37,39-44,49-52,67,81-85H,15-20,23-26,64H2,1-6H3,(H2,65,86)(H,66,70)(H,68,93)(H,69,92)(H,71,87)(H,72,99)(H,73,91)(H,74,95)(H,75,97)(H,76,96)(H,77,88)(H,78,94)(H,79,100)(H,80,98)(H,89,90)(H,101,102)/t30-,31-,37+,39+,40+,41+,42+,43+,44+,49+,50+,51+,52+/m1/s1. The molecule has 39 nitrogen and oxygen atoms in total. The van der Waals surface area contributed by atoms with Crippen molar-refractivity contribution < 1.29 is 108 Å². The SMILES string of the molecule is CC(C)[C@H](NC(=O)[C@H](CCC(N)=O)NC(=O)[C@@H](NC(=O)CNC(=O)[C@H](Cc1ccc(O)cc1)NC(=O)CNC(=O)[C@H](Cc1c[nH]c2ccccc12)NC(=O)[C@H](Cc1cnc[nH]1)NC(=O)[C@@H](N)CC(=O)O)[C@@H](C)O)C(=O)N[C@H](C(=O)N[C@H](C(=O)N[C@@H](CO)C(=O)N[C@@H](CO)C(=O)O)C(C)C)[C@@H](C)O. The number of rotatable bonds is 42. The van der Waals surface area contributed by atoms with Gasteiger partial charge in [-0.1, -0.05) is 58.0 Å². The van der Waals surface area contributed by atoms with Gasteiger partial charge in [0.25, 0.3) is 0 Å². The third-order valence-corrected chi connectivity index (χ3v) is 15.5. The highest BCUT2D eigenvalue weighted by Crippen LogP contribution is 2.20. The Morgan fingerprint density at radius 2 is 0.961 bits per heavy atom. The first-order valence-corrected chi connectivity index (χ1v) is 32.0. The number of amides is 13. The Kier molecular flexibility index (Phi) is 32.8. The second-order valence-corrected chi connectivity index (χ2v) is 24.5. The lowest BCUT2D eigenvalue weighted by Gasteiger charge is -2.30. The van der Waals surface area contributed by atoms with Gasteiger partial charge in [0.2, 0.25) is 76.8 Å². The molecular formula is C63H89N17O22. The molecule has 4 rings (SSSR count). The molecule has 4 aromatic rings. The Morgan fingerprint density at radius 1 is 0.500 bits per heavy atom. The van der Waals surface area contributed by atoms with Gasteiger partial charge in [-0.15, -0.1) is 0 Å². The summed E-state index contributed by atoms with van der Waals surface area (Å²) in [6, 6.07) is -5.96. The Morgan fingerprint density at radius 3 is 1.50 bits per heavy atom. The van der Waals surface area contributed by atoms with E-state index in [0.717, 1.165) is 13.8 Å². The van der Waals surface area contributed by atoms with E-state index in [-0.39, 0.29) is 25.0 Å². The van der Waals surface area contributed by atoms with Gasteiger partial charge < -0.3 is 121 Å². The van der Waals surface area contributed by atoms with E-state index in [1.54, 1.807) is 30.5 Å². The summed E-state index contributed by atoms with van der Waals surface area (Å²) in [5.41, 5.74) is 13.1. The molecule has 13 amide bonds. The number of nitrogens with two attached hydrogens (primary N) is 2. The highest BCUT2D eigenvalue weighted by Gasteiger charge is 2.39. The first-order valence-electron chi connectivity index (χ1n) is 32.0. The van der Waals surface area contributed by atoms with Crippen LogP contribution in [0.15, 0.2) is 67.3 Å². The maximum absolute atomic E-state index is 14.2. The summed E-state index contributed by atoms with van der Waals surface area (Å²) in [5.74, 6) is -18.8. The molecule has 0 aliphatic rings. The number of aromatic hydroxyl groups is 1. The number of phenols is 1. The van der Waals surface area contributed by atoms with E-state index in [1.807, 2.05) is 5.32 Å². The van der Waals surface area contributed by atoms with Crippen LogP contribution in [0.25, 0.3) is 10.9 Å². The van der Waals surface area contributed by atoms with Gasteiger partial charge in [0, 0.05) is 54.7 Å². The van der Waals surface area contributed by atoms with Crippen LogP contribution >= 0.6 is 0 Å². The molecule has 39 heteroatoms. The molecule has 0 saturated heterocycles. The van der Waals surface area contributed by atoms with Gasteiger partial charge in [-0.25, -0.2) is 9.78 Å². The number of carbonyl (C=O) groups excluding carboxylic acids is 13. The number of para-hydroxylation sites is 1. The number of aliphatic hydroxyl groups is 4. The fourth-order valence-corrected chi connectivity index (χ4v) is 9.87. The van der Waals surface area contributed by atoms with Crippen LogP contribution < -0.4 is 75.3 Å². The van der Waals surface area contributed by atoms with Crippen LogP contribution in [-0.4, -0.2) is 244 Å². The molecule has 2 aromatic carbocycles. The molecule has 0 aliphatic carbocycles. The van der Waals surface area contributed by atoms with Crippen molar-refractivity contribution in [1.29, 1.82) is 0 Å². The number of hydrogen-bond donors (Lipinski definition) is 23.